The molecule has 0 bridgehead atoms. The summed E-state index contributed by atoms with van der Waals surface area (Å²) in [6, 6.07) is 0. The molecule has 0 unspecified atom stereocenters. The van der Waals surface area contributed by atoms with Crippen LogP contribution in [-0.2, 0) is 6.54 Å². The molecule has 1 aromatic heterocycles. The first kappa shape index (κ1) is 14.2. The number of aromatic nitrogens is 2. The molecular formula is C16H27N3. The van der Waals surface area contributed by atoms with Crippen LogP contribution in [-0.4, -0.2) is 9.55 Å². The first-order valence-corrected chi connectivity index (χ1v) is 7.35. The van der Waals surface area contributed by atoms with Gasteiger partial charge in [0.25, 0.3) is 0 Å². The van der Waals surface area contributed by atoms with Gasteiger partial charge in [-0.3, -0.25) is 0 Å². The summed E-state index contributed by atoms with van der Waals surface area (Å²) in [5.74, 6) is 2.21. The highest BCUT2D eigenvalue weighted by atomic mass is 15.1. The molecule has 1 fully saturated rings. The largest absolute Gasteiger partial charge is 0.384 e. The van der Waals surface area contributed by atoms with E-state index in [4.69, 9.17) is 5.73 Å². The lowest BCUT2D eigenvalue weighted by molar-refractivity contribution is 0.168. The van der Waals surface area contributed by atoms with Crippen molar-refractivity contribution in [2.45, 2.75) is 58.9 Å². The number of allylic oxidation sites excluding steroid dienone is 1. The lowest BCUT2D eigenvalue weighted by Gasteiger charge is -2.36. The van der Waals surface area contributed by atoms with Crippen molar-refractivity contribution in [1.29, 1.82) is 0 Å². The lowest BCUT2D eigenvalue weighted by Crippen LogP contribution is -2.25. The van der Waals surface area contributed by atoms with Crippen LogP contribution < -0.4 is 5.73 Å². The van der Waals surface area contributed by atoms with Crippen molar-refractivity contribution in [2.75, 3.05) is 5.73 Å². The number of nitrogens with two attached hydrogens (primary N) is 1. The Kier molecular flexibility index (Phi) is 4.02. The molecule has 1 aliphatic rings. The van der Waals surface area contributed by atoms with Crippen LogP contribution in [0.15, 0.2) is 19.0 Å². The van der Waals surface area contributed by atoms with E-state index in [1.54, 1.807) is 0 Å². The average Bonchev–Trinajstić information content (AvgIpc) is 2.71. The summed E-state index contributed by atoms with van der Waals surface area (Å²) >= 11 is 0. The maximum atomic E-state index is 6.19. The van der Waals surface area contributed by atoms with E-state index in [1.165, 1.54) is 25.7 Å². The Morgan fingerprint density at radius 3 is 2.53 bits per heavy atom. The van der Waals surface area contributed by atoms with Gasteiger partial charge in [-0.25, -0.2) is 4.98 Å². The minimum atomic E-state index is 0.429. The van der Waals surface area contributed by atoms with Gasteiger partial charge in [-0.1, -0.05) is 26.8 Å². The van der Waals surface area contributed by atoms with Crippen molar-refractivity contribution in [2.24, 2.45) is 11.3 Å². The molecule has 106 valence electrons. The molecule has 1 heterocycles. The van der Waals surface area contributed by atoms with Crippen LogP contribution in [0.3, 0.4) is 0 Å². The summed E-state index contributed by atoms with van der Waals surface area (Å²) < 4.78 is 1.98. The van der Waals surface area contributed by atoms with E-state index < -0.39 is 0 Å². The molecule has 0 radical (unpaired) electrons. The van der Waals surface area contributed by atoms with E-state index in [0.29, 0.717) is 11.3 Å². The summed E-state index contributed by atoms with van der Waals surface area (Å²) in [6.45, 7) is 11.6. The summed E-state index contributed by atoms with van der Waals surface area (Å²) in [5.41, 5.74) is 7.73. The Balaban J connectivity index is 2.04. The van der Waals surface area contributed by atoms with Gasteiger partial charge in [0.05, 0.1) is 12.0 Å². The number of hydrogen-bond acceptors (Lipinski definition) is 2. The van der Waals surface area contributed by atoms with Crippen molar-refractivity contribution in [3.63, 3.8) is 0 Å². The van der Waals surface area contributed by atoms with Crippen LogP contribution in [0.5, 0.6) is 0 Å². The van der Waals surface area contributed by atoms with Crippen molar-refractivity contribution in [1.82, 2.24) is 9.55 Å². The Morgan fingerprint density at radius 2 is 2.00 bits per heavy atom. The Hall–Kier alpha value is -1.25. The molecule has 1 saturated carbocycles. The molecular weight excluding hydrogens is 234 g/mol. The van der Waals surface area contributed by atoms with E-state index in [2.05, 4.69) is 32.3 Å². The molecule has 0 aliphatic heterocycles. The van der Waals surface area contributed by atoms with Crippen LogP contribution in [0.4, 0.5) is 5.82 Å². The van der Waals surface area contributed by atoms with E-state index >= 15 is 0 Å². The Labute approximate surface area is 116 Å². The van der Waals surface area contributed by atoms with Gasteiger partial charge in [0, 0.05) is 12.5 Å². The predicted molar refractivity (Wildman–Crippen MR) is 81.0 cm³/mol. The monoisotopic (exact) mass is 261 g/mol. The number of nitrogen functional groups attached to an aromatic ring is 1. The van der Waals surface area contributed by atoms with Crippen molar-refractivity contribution in [3.8, 4) is 0 Å². The van der Waals surface area contributed by atoms with Gasteiger partial charge in [-0.2, -0.15) is 0 Å². The highest BCUT2D eigenvalue weighted by molar-refractivity contribution is 5.39. The molecule has 19 heavy (non-hydrogen) atoms. The molecule has 3 nitrogen and oxygen atoms in total. The quantitative estimate of drug-likeness (QED) is 0.837. The topological polar surface area (TPSA) is 43.8 Å². The van der Waals surface area contributed by atoms with Gasteiger partial charge in [0.2, 0.25) is 0 Å². The van der Waals surface area contributed by atoms with Gasteiger partial charge in [0.1, 0.15) is 5.82 Å². The fourth-order valence-electron chi connectivity index (χ4n) is 3.24. The summed E-state index contributed by atoms with van der Waals surface area (Å²) in [6.07, 6.45) is 8.73. The van der Waals surface area contributed by atoms with Crippen LogP contribution in [0, 0.1) is 11.3 Å². The van der Waals surface area contributed by atoms with E-state index in [1.807, 2.05) is 17.0 Å². The number of hydrogen-bond donors (Lipinski definition) is 1. The first-order valence-electron chi connectivity index (χ1n) is 7.35. The van der Waals surface area contributed by atoms with Gasteiger partial charge in [-0.15, -0.1) is 6.58 Å². The van der Waals surface area contributed by atoms with Crippen molar-refractivity contribution >= 4 is 5.82 Å². The zero-order valence-electron chi connectivity index (χ0n) is 12.5. The van der Waals surface area contributed by atoms with E-state index in [0.717, 1.165) is 24.0 Å². The molecule has 0 aromatic carbocycles. The maximum absolute atomic E-state index is 6.19. The fraction of sp³-hybridized carbons (Fsp3) is 0.688. The molecule has 1 aliphatic carbocycles. The summed E-state index contributed by atoms with van der Waals surface area (Å²) in [4.78, 5) is 4.54. The smallest absolute Gasteiger partial charge is 0.127 e. The summed E-state index contributed by atoms with van der Waals surface area (Å²) in [5, 5.41) is 0. The van der Waals surface area contributed by atoms with Crippen LogP contribution >= 0.6 is 0 Å². The number of imidazole rings is 1. The standard InChI is InChI=1S/C16H27N3/c1-5-10-19-11-18-14(15(19)17)12-6-8-13(9-7-12)16(2,3)4/h5,11-13H,1,6-10,17H2,2-4H3. The Bertz CT molecular complexity index is 431. The molecule has 0 saturated heterocycles. The minimum Gasteiger partial charge on any atom is -0.384 e. The molecule has 2 rings (SSSR count). The van der Waals surface area contributed by atoms with Crippen molar-refractivity contribution < 1.29 is 0 Å². The third kappa shape index (κ3) is 3.02. The first-order chi connectivity index (χ1) is 8.93. The maximum Gasteiger partial charge on any atom is 0.127 e. The summed E-state index contributed by atoms with van der Waals surface area (Å²) in [7, 11) is 0. The second-order valence-electron chi connectivity index (χ2n) is 6.87. The number of nitrogens with zero attached hydrogens (tertiary/aromatic N) is 2. The zero-order chi connectivity index (χ0) is 14.0. The zero-order valence-corrected chi connectivity index (χ0v) is 12.5. The average molecular weight is 261 g/mol. The molecule has 2 N–H and O–H groups in total. The van der Waals surface area contributed by atoms with Crippen molar-refractivity contribution in [3.05, 3.63) is 24.7 Å². The third-order valence-electron chi connectivity index (χ3n) is 4.57. The second-order valence-corrected chi connectivity index (χ2v) is 6.87. The molecule has 0 amide bonds. The van der Waals surface area contributed by atoms with Gasteiger partial charge >= 0.3 is 0 Å². The van der Waals surface area contributed by atoms with Gasteiger partial charge in [0.15, 0.2) is 0 Å². The Morgan fingerprint density at radius 1 is 1.37 bits per heavy atom. The van der Waals surface area contributed by atoms with Crippen LogP contribution in [0.1, 0.15) is 58.1 Å². The molecule has 0 spiro atoms. The van der Waals surface area contributed by atoms with Crippen LogP contribution in [0.25, 0.3) is 0 Å². The second kappa shape index (κ2) is 5.40. The lowest BCUT2D eigenvalue weighted by atomic mass is 9.69. The van der Waals surface area contributed by atoms with Gasteiger partial charge in [-0.05, 0) is 37.0 Å². The SMILES string of the molecule is C=CCn1cnc(C2CCC(C(C)(C)C)CC2)c1N. The fourth-order valence-corrected chi connectivity index (χ4v) is 3.24. The van der Waals surface area contributed by atoms with E-state index in [-0.39, 0.29) is 0 Å². The highest BCUT2D eigenvalue weighted by Crippen LogP contribution is 2.43. The molecule has 3 heteroatoms. The third-order valence-corrected chi connectivity index (χ3v) is 4.57. The van der Waals surface area contributed by atoms with E-state index in [9.17, 15) is 0 Å². The molecule has 0 atom stereocenters. The number of anilines is 1. The predicted octanol–water partition coefficient (Wildman–Crippen LogP) is 3.97. The van der Waals surface area contributed by atoms with Crippen LogP contribution in [0.2, 0.25) is 0 Å². The number of rotatable bonds is 3. The van der Waals surface area contributed by atoms with Gasteiger partial charge < -0.3 is 10.3 Å². The normalized spacial score (nSPS) is 24.4. The minimum absolute atomic E-state index is 0.429. The molecule has 1 aromatic rings. The highest BCUT2D eigenvalue weighted by Gasteiger charge is 2.31.